The van der Waals surface area contributed by atoms with Gasteiger partial charge in [0.15, 0.2) is 0 Å². The van der Waals surface area contributed by atoms with E-state index in [0.29, 0.717) is 11.8 Å². The molecule has 0 aromatic heterocycles. The van der Waals surface area contributed by atoms with E-state index >= 15 is 0 Å². The van der Waals surface area contributed by atoms with Crippen molar-refractivity contribution in [3.8, 4) is 0 Å². The number of benzene rings is 5. The molecule has 0 amide bonds. The van der Waals surface area contributed by atoms with Gasteiger partial charge in [0.05, 0.1) is 10.8 Å². The molecule has 2 heteroatoms. The molecule has 0 fully saturated rings. The van der Waals surface area contributed by atoms with Crippen LogP contribution in [0.5, 0.6) is 0 Å². The second-order valence-electron chi connectivity index (χ2n) is 26.0. The van der Waals surface area contributed by atoms with Crippen molar-refractivity contribution in [2.75, 3.05) is 0 Å². The highest BCUT2D eigenvalue weighted by Gasteiger charge is 2.40. The Morgan fingerprint density at radius 3 is 0.894 bits per heavy atom. The molecule has 5 aromatic carbocycles. The Bertz CT molecular complexity index is 2070. The largest absolute Gasteiger partial charge is 0.118 e. The van der Waals surface area contributed by atoms with Crippen molar-refractivity contribution < 1.29 is 0 Å². The lowest BCUT2D eigenvalue weighted by molar-refractivity contribution is 0.136. The lowest BCUT2D eigenvalue weighted by Gasteiger charge is -2.43. The van der Waals surface area contributed by atoms with Gasteiger partial charge in [-0.25, -0.2) is 0 Å². The minimum atomic E-state index is -0.0248. The molecule has 0 saturated carbocycles. The average Bonchev–Trinajstić information content (AvgIpc) is 3.22. The maximum atomic E-state index is 7.19. The third-order valence-electron chi connectivity index (χ3n) is 14.6. The first kappa shape index (κ1) is 53.6. The number of rotatable bonds is 22. The van der Waals surface area contributed by atoms with Crippen molar-refractivity contribution in [3.05, 3.63) is 178 Å². The van der Waals surface area contributed by atoms with Gasteiger partial charge in [-0.1, -0.05) is 243 Å². The molecule has 0 N–H and O–H groups in total. The fourth-order valence-electron chi connectivity index (χ4n) is 12.9. The summed E-state index contributed by atoms with van der Waals surface area (Å²) in [4.78, 5) is 0. The summed E-state index contributed by atoms with van der Waals surface area (Å²) in [5, 5.41) is -0.0442. The van der Waals surface area contributed by atoms with Crippen molar-refractivity contribution >= 4 is 23.2 Å². The van der Waals surface area contributed by atoms with Crippen LogP contribution in [0.1, 0.15) is 217 Å². The summed E-state index contributed by atoms with van der Waals surface area (Å²) in [6.07, 6.45) is 8.51. The molecule has 0 aliphatic carbocycles. The molecule has 0 aliphatic heterocycles. The highest BCUT2D eigenvalue weighted by molar-refractivity contribution is 6.21. The molecule has 0 saturated heterocycles. The molecular weight excluding hydrogens is 840 g/mol. The van der Waals surface area contributed by atoms with Crippen LogP contribution in [0.3, 0.4) is 0 Å². The van der Waals surface area contributed by atoms with Crippen molar-refractivity contribution in [2.45, 2.75) is 194 Å². The topological polar surface area (TPSA) is 0 Å². The van der Waals surface area contributed by atoms with Crippen LogP contribution < -0.4 is 0 Å². The van der Waals surface area contributed by atoms with E-state index in [-0.39, 0.29) is 48.7 Å². The Morgan fingerprint density at radius 2 is 0.606 bits per heavy atom. The molecule has 66 heavy (non-hydrogen) atoms. The van der Waals surface area contributed by atoms with Crippen LogP contribution >= 0.6 is 23.2 Å². The summed E-state index contributed by atoms with van der Waals surface area (Å²) in [6.45, 7) is 37.2. The Balaban J connectivity index is 1.35. The standard InChI is InChI=1S/C64H88Cl2/c1-58(2,3)53-38-54(63(12,13)45-61(8,9)43-59(4,5)41-51(47-28-20-16-21-29-47)36-56(65)49-32-24-18-25-33-49)40-55(39-53)64(14,15)46-62(10,11)44-60(6,7)42-52(48-30-22-17-23-31-48)37-57(66)50-34-26-19-27-35-50/h16-35,38-40,51-52,56-57H,36-37,41-46H2,1-15H3. The van der Waals surface area contributed by atoms with Gasteiger partial charge in [-0.3, -0.25) is 0 Å². The van der Waals surface area contributed by atoms with Crippen molar-refractivity contribution in [3.63, 3.8) is 0 Å². The zero-order chi connectivity index (χ0) is 48.8. The van der Waals surface area contributed by atoms with Crippen LogP contribution in [0, 0.1) is 21.7 Å². The normalized spacial score (nSPS) is 15.3. The Kier molecular flexibility index (Phi) is 17.5. The van der Waals surface area contributed by atoms with Crippen LogP contribution in [0.25, 0.3) is 0 Å². The maximum absolute atomic E-state index is 7.19. The molecule has 358 valence electrons. The maximum Gasteiger partial charge on any atom is 0.0591 e. The lowest BCUT2D eigenvalue weighted by Crippen LogP contribution is -2.33. The molecule has 0 spiro atoms. The first-order valence-electron chi connectivity index (χ1n) is 25.2. The predicted octanol–water partition coefficient (Wildman–Crippen LogP) is 20.3. The van der Waals surface area contributed by atoms with E-state index in [4.69, 9.17) is 23.2 Å². The zero-order valence-electron chi connectivity index (χ0n) is 44.0. The lowest BCUT2D eigenvalue weighted by atomic mass is 9.62. The van der Waals surface area contributed by atoms with E-state index in [1.165, 1.54) is 38.9 Å². The molecule has 4 unspecified atom stereocenters. The second-order valence-corrected chi connectivity index (χ2v) is 27.1. The van der Waals surface area contributed by atoms with Gasteiger partial charge in [0.2, 0.25) is 0 Å². The predicted molar refractivity (Wildman–Crippen MR) is 292 cm³/mol. The third kappa shape index (κ3) is 15.9. The molecule has 5 rings (SSSR count). The fourth-order valence-corrected chi connectivity index (χ4v) is 13.6. The monoisotopic (exact) mass is 927 g/mol. The molecule has 5 aromatic rings. The Labute approximate surface area is 415 Å². The van der Waals surface area contributed by atoms with Crippen LogP contribution in [-0.2, 0) is 16.2 Å². The fraction of sp³-hybridized carbons (Fsp3) is 0.531. The summed E-state index contributed by atoms with van der Waals surface area (Å²) in [5.41, 5.74) is 10.0. The van der Waals surface area contributed by atoms with Crippen LogP contribution in [0.15, 0.2) is 140 Å². The second kappa shape index (κ2) is 21.5. The zero-order valence-corrected chi connectivity index (χ0v) is 45.5. The molecule has 0 bridgehead atoms. The van der Waals surface area contributed by atoms with E-state index in [2.05, 4.69) is 243 Å². The Morgan fingerprint density at radius 1 is 0.333 bits per heavy atom. The average molecular weight is 928 g/mol. The van der Waals surface area contributed by atoms with Crippen LogP contribution in [-0.4, -0.2) is 0 Å². The highest BCUT2D eigenvalue weighted by Crippen LogP contribution is 2.51. The van der Waals surface area contributed by atoms with Gasteiger partial charge in [-0.2, -0.15) is 0 Å². The van der Waals surface area contributed by atoms with Crippen molar-refractivity contribution in [1.29, 1.82) is 0 Å². The van der Waals surface area contributed by atoms with Crippen LogP contribution in [0.2, 0.25) is 0 Å². The van der Waals surface area contributed by atoms with Gasteiger partial charge < -0.3 is 0 Å². The first-order valence-corrected chi connectivity index (χ1v) is 26.1. The summed E-state index contributed by atoms with van der Waals surface area (Å²) in [5.74, 6) is 0.748. The summed E-state index contributed by atoms with van der Waals surface area (Å²) in [7, 11) is 0. The van der Waals surface area contributed by atoms with Gasteiger partial charge in [-0.05, 0) is 140 Å². The van der Waals surface area contributed by atoms with E-state index in [1.807, 2.05) is 0 Å². The third-order valence-corrected chi connectivity index (χ3v) is 15.4. The number of halogens is 2. The van der Waals surface area contributed by atoms with Gasteiger partial charge in [0.25, 0.3) is 0 Å². The van der Waals surface area contributed by atoms with E-state index in [1.54, 1.807) is 0 Å². The highest BCUT2D eigenvalue weighted by atomic mass is 35.5. The molecular formula is C64H88Cl2. The molecule has 0 heterocycles. The molecule has 0 radical (unpaired) electrons. The van der Waals surface area contributed by atoms with E-state index < -0.39 is 0 Å². The van der Waals surface area contributed by atoms with Crippen molar-refractivity contribution in [2.24, 2.45) is 21.7 Å². The summed E-state index contributed by atoms with van der Waals surface area (Å²) in [6, 6.07) is 51.2. The van der Waals surface area contributed by atoms with Crippen molar-refractivity contribution in [1.82, 2.24) is 0 Å². The van der Waals surface area contributed by atoms with Gasteiger partial charge >= 0.3 is 0 Å². The molecule has 0 aliphatic rings. The van der Waals surface area contributed by atoms with E-state index in [0.717, 1.165) is 51.4 Å². The smallest absolute Gasteiger partial charge is 0.0591 e. The molecule has 0 nitrogen and oxygen atoms in total. The van der Waals surface area contributed by atoms with E-state index in [9.17, 15) is 0 Å². The number of hydrogen-bond donors (Lipinski definition) is 0. The van der Waals surface area contributed by atoms with Gasteiger partial charge in [0.1, 0.15) is 0 Å². The summed E-state index contributed by atoms with van der Waals surface area (Å²) >= 11 is 14.4. The molecule has 4 atom stereocenters. The summed E-state index contributed by atoms with van der Waals surface area (Å²) < 4.78 is 0. The number of alkyl halides is 2. The first-order chi connectivity index (χ1) is 30.6. The minimum Gasteiger partial charge on any atom is -0.118 e. The SMILES string of the molecule is CC(C)(CC(CC(Cl)c1ccccc1)c1ccccc1)CC(C)(C)CC(C)(C)c1cc(C(C)(C)C)cc(C(C)(C)CC(C)(C)CC(C)(C)CC(CC(Cl)c2ccccc2)c2ccccc2)c1. The van der Waals surface area contributed by atoms with Crippen LogP contribution in [0.4, 0.5) is 0 Å². The van der Waals surface area contributed by atoms with Gasteiger partial charge in [-0.15, -0.1) is 23.2 Å². The Hall–Kier alpha value is -3.32. The number of hydrogen-bond acceptors (Lipinski definition) is 0. The quantitative estimate of drug-likeness (QED) is 0.0607. The minimum absolute atomic E-state index is 0.0221. The van der Waals surface area contributed by atoms with Gasteiger partial charge in [0, 0.05) is 0 Å².